The van der Waals surface area contributed by atoms with Crippen molar-refractivity contribution in [2.24, 2.45) is 10.7 Å². The summed E-state index contributed by atoms with van der Waals surface area (Å²) >= 11 is 0. The average molecular weight is 189 g/mol. The monoisotopic (exact) mass is 189 g/mol. The number of nitrogens with two attached hydrogens (primary N) is 1. The molecule has 1 aromatic heterocycles. The highest BCUT2D eigenvalue weighted by atomic mass is 15.1. The maximum absolute atomic E-state index is 8.27. The summed E-state index contributed by atoms with van der Waals surface area (Å²) in [6, 6.07) is 3.63. The van der Waals surface area contributed by atoms with Crippen LogP contribution in [0.15, 0.2) is 23.3 Å². The number of rotatable bonds is 2. The van der Waals surface area contributed by atoms with Gasteiger partial charge >= 0.3 is 0 Å². The number of aromatic nitrogens is 1. The zero-order valence-corrected chi connectivity index (χ0v) is 7.86. The van der Waals surface area contributed by atoms with E-state index in [4.69, 9.17) is 11.0 Å². The van der Waals surface area contributed by atoms with Crippen LogP contribution in [0.25, 0.3) is 0 Å². The summed E-state index contributed by atoms with van der Waals surface area (Å²) in [4.78, 5) is 7.51. The first-order valence-corrected chi connectivity index (χ1v) is 4.21. The van der Waals surface area contributed by atoms with Gasteiger partial charge in [-0.1, -0.05) is 6.92 Å². The van der Waals surface area contributed by atoms with Crippen molar-refractivity contribution in [2.45, 2.75) is 13.3 Å². The smallest absolute Gasteiger partial charge is 0.209 e. The lowest BCUT2D eigenvalue weighted by molar-refractivity contribution is 1.04. The van der Waals surface area contributed by atoms with E-state index >= 15 is 0 Å². The summed E-state index contributed by atoms with van der Waals surface area (Å²) in [6.45, 7) is 1.99. The van der Waals surface area contributed by atoms with Crippen molar-refractivity contribution in [2.75, 3.05) is 5.32 Å². The number of hydrogen-bond donors (Lipinski definition) is 2. The Kier molecular flexibility index (Phi) is 3.44. The van der Waals surface area contributed by atoms with E-state index in [1.807, 2.05) is 13.0 Å². The zero-order valence-electron chi connectivity index (χ0n) is 7.86. The molecule has 0 amide bonds. The van der Waals surface area contributed by atoms with Crippen molar-refractivity contribution in [3.05, 3.63) is 24.0 Å². The van der Waals surface area contributed by atoms with Crippen LogP contribution in [0.2, 0.25) is 0 Å². The van der Waals surface area contributed by atoms with Crippen molar-refractivity contribution in [3.63, 3.8) is 0 Å². The van der Waals surface area contributed by atoms with Gasteiger partial charge in [0.2, 0.25) is 12.2 Å². The zero-order chi connectivity index (χ0) is 10.4. The molecule has 0 aliphatic carbocycles. The fraction of sp³-hybridized carbons (Fsp3) is 0.222. The van der Waals surface area contributed by atoms with Gasteiger partial charge in [0.1, 0.15) is 0 Å². The molecular formula is C9H11N5. The Hall–Kier alpha value is -2.09. The molecule has 72 valence electrons. The number of anilines is 1. The van der Waals surface area contributed by atoms with Crippen LogP contribution in [0.4, 0.5) is 5.69 Å². The topological polar surface area (TPSA) is 87.1 Å². The lowest BCUT2D eigenvalue weighted by Crippen LogP contribution is -2.22. The van der Waals surface area contributed by atoms with Crippen LogP contribution in [0.5, 0.6) is 0 Å². The predicted molar refractivity (Wildman–Crippen MR) is 54.5 cm³/mol. The molecule has 1 aromatic rings. The molecule has 0 radical (unpaired) electrons. The average Bonchev–Trinajstić information content (AvgIpc) is 2.19. The number of aliphatic imine (C=N–C) groups is 1. The first-order chi connectivity index (χ1) is 6.77. The van der Waals surface area contributed by atoms with E-state index in [-0.39, 0.29) is 5.96 Å². The second-order valence-corrected chi connectivity index (χ2v) is 2.57. The van der Waals surface area contributed by atoms with E-state index in [0.717, 1.165) is 17.8 Å². The maximum Gasteiger partial charge on any atom is 0.209 e. The second-order valence-electron chi connectivity index (χ2n) is 2.57. The SMILES string of the molecule is CCc1ncccc1N/C(N)=N\C#N. The largest absolute Gasteiger partial charge is 0.369 e. The molecule has 0 atom stereocenters. The minimum absolute atomic E-state index is 0.0789. The molecule has 0 aliphatic heterocycles. The van der Waals surface area contributed by atoms with Crippen LogP contribution < -0.4 is 11.1 Å². The van der Waals surface area contributed by atoms with Crippen LogP contribution in [-0.4, -0.2) is 10.9 Å². The van der Waals surface area contributed by atoms with Gasteiger partial charge in [0, 0.05) is 6.20 Å². The molecule has 1 rings (SSSR count). The van der Waals surface area contributed by atoms with E-state index < -0.39 is 0 Å². The minimum atomic E-state index is 0.0789. The third-order valence-corrected chi connectivity index (χ3v) is 1.66. The molecule has 0 unspecified atom stereocenters. The molecule has 1 heterocycles. The Bertz CT molecular complexity index is 377. The van der Waals surface area contributed by atoms with E-state index in [1.165, 1.54) is 0 Å². The van der Waals surface area contributed by atoms with Crippen LogP contribution >= 0.6 is 0 Å². The Morgan fingerprint density at radius 1 is 1.79 bits per heavy atom. The van der Waals surface area contributed by atoms with Gasteiger partial charge in [-0.3, -0.25) is 4.98 Å². The summed E-state index contributed by atoms with van der Waals surface area (Å²) in [7, 11) is 0. The summed E-state index contributed by atoms with van der Waals surface area (Å²) < 4.78 is 0. The summed E-state index contributed by atoms with van der Waals surface area (Å²) in [5.74, 6) is 0.0789. The van der Waals surface area contributed by atoms with Gasteiger partial charge in [0.15, 0.2) is 0 Å². The summed E-state index contributed by atoms with van der Waals surface area (Å²) in [6.07, 6.45) is 4.11. The first-order valence-electron chi connectivity index (χ1n) is 4.21. The third kappa shape index (κ3) is 2.45. The lowest BCUT2D eigenvalue weighted by atomic mass is 10.2. The molecule has 14 heavy (non-hydrogen) atoms. The van der Waals surface area contributed by atoms with Crippen LogP contribution in [-0.2, 0) is 6.42 Å². The van der Waals surface area contributed by atoms with Gasteiger partial charge in [-0.2, -0.15) is 5.26 Å². The molecule has 0 bridgehead atoms. The number of pyridine rings is 1. The fourth-order valence-corrected chi connectivity index (χ4v) is 1.05. The molecule has 0 fully saturated rings. The minimum Gasteiger partial charge on any atom is -0.369 e. The van der Waals surface area contributed by atoms with E-state index in [0.29, 0.717) is 0 Å². The van der Waals surface area contributed by atoms with Gasteiger partial charge in [0.05, 0.1) is 11.4 Å². The van der Waals surface area contributed by atoms with Gasteiger partial charge < -0.3 is 11.1 Å². The molecule has 5 nitrogen and oxygen atoms in total. The van der Waals surface area contributed by atoms with Crippen molar-refractivity contribution in [1.29, 1.82) is 5.26 Å². The van der Waals surface area contributed by atoms with Gasteiger partial charge in [-0.05, 0) is 18.6 Å². The Balaban J connectivity index is 2.87. The molecule has 5 heteroatoms. The Labute approximate surface area is 82.3 Å². The van der Waals surface area contributed by atoms with Crippen LogP contribution in [0, 0.1) is 11.5 Å². The predicted octanol–water partition coefficient (Wildman–Crippen LogP) is 0.852. The molecule has 0 saturated carbocycles. The highest BCUT2D eigenvalue weighted by Gasteiger charge is 2.01. The van der Waals surface area contributed by atoms with E-state index in [2.05, 4.69) is 15.3 Å². The highest BCUT2D eigenvalue weighted by molar-refractivity contribution is 5.93. The van der Waals surface area contributed by atoms with Crippen molar-refractivity contribution in [3.8, 4) is 6.19 Å². The molecule has 3 N–H and O–H groups in total. The Morgan fingerprint density at radius 3 is 3.21 bits per heavy atom. The highest BCUT2D eigenvalue weighted by Crippen LogP contribution is 2.11. The lowest BCUT2D eigenvalue weighted by Gasteiger charge is -2.07. The van der Waals surface area contributed by atoms with Crippen LogP contribution in [0.1, 0.15) is 12.6 Å². The molecular weight excluding hydrogens is 178 g/mol. The summed E-state index contributed by atoms with van der Waals surface area (Å²) in [5, 5.41) is 11.1. The maximum atomic E-state index is 8.27. The normalized spacial score (nSPS) is 10.7. The summed E-state index contributed by atoms with van der Waals surface area (Å²) in [5.41, 5.74) is 7.10. The van der Waals surface area contributed by atoms with Crippen LogP contribution in [0.3, 0.4) is 0 Å². The Morgan fingerprint density at radius 2 is 2.57 bits per heavy atom. The standard InChI is InChI=1S/C9H11N5/c1-2-7-8(4-3-5-12-7)14-9(11)13-6-10/h3-5H,2H2,1H3,(H3,11,13,14). The number of guanidine groups is 1. The van der Waals surface area contributed by atoms with Crippen molar-refractivity contribution < 1.29 is 0 Å². The second kappa shape index (κ2) is 4.82. The third-order valence-electron chi connectivity index (χ3n) is 1.66. The quantitative estimate of drug-likeness (QED) is 0.410. The molecule has 0 aromatic carbocycles. The van der Waals surface area contributed by atoms with E-state index in [1.54, 1.807) is 18.5 Å². The number of nitriles is 1. The molecule has 0 aliphatic rings. The van der Waals surface area contributed by atoms with Gasteiger partial charge in [-0.25, -0.2) is 0 Å². The number of hydrogen-bond acceptors (Lipinski definition) is 3. The molecule has 0 saturated heterocycles. The van der Waals surface area contributed by atoms with Gasteiger partial charge in [0.25, 0.3) is 0 Å². The number of aryl methyl sites for hydroxylation is 1. The van der Waals surface area contributed by atoms with Gasteiger partial charge in [-0.15, -0.1) is 4.99 Å². The van der Waals surface area contributed by atoms with Crippen molar-refractivity contribution in [1.82, 2.24) is 4.98 Å². The number of nitrogens with zero attached hydrogens (tertiary/aromatic N) is 3. The van der Waals surface area contributed by atoms with E-state index in [9.17, 15) is 0 Å². The van der Waals surface area contributed by atoms with Crippen molar-refractivity contribution >= 4 is 11.6 Å². The molecule has 0 spiro atoms. The fourth-order valence-electron chi connectivity index (χ4n) is 1.05. The number of nitrogens with one attached hydrogen (secondary N) is 1. The first kappa shape index (κ1) is 9.99.